The van der Waals surface area contributed by atoms with Gasteiger partial charge in [0.15, 0.2) is 18.1 Å². The summed E-state index contributed by atoms with van der Waals surface area (Å²) in [7, 11) is 1.55. The molecule has 0 saturated heterocycles. The van der Waals surface area contributed by atoms with E-state index < -0.39 is 0 Å². The molecular formula is C18H17Cl2NO3. The average molecular weight is 366 g/mol. The summed E-state index contributed by atoms with van der Waals surface area (Å²) in [6.07, 6.45) is 3.88. The second-order valence-electron chi connectivity index (χ2n) is 4.87. The van der Waals surface area contributed by atoms with Crippen molar-refractivity contribution in [3.8, 4) is 11.5 Å². The van der Waals surface area contributed by atoms with Crippen molar-refractivity contribution >= 4 is 40.9 Å². The molecule has 0 radical (unpaired) electrons. The second-order valence-corrected chi connectivity index (χ2v) is 5.71. The van der Waals surface area contributed by atoms with Crippen molar-refractivity contribution in [2.45, 2.75) is 6.92 Å². The molecule has 1 amide bonds. The molecule has 0 atom stereocenters. The Labute approximate surface area is 151 Å². The lowest BCUT2D eigenvalue weighted by Gasteiger charge is -2.12. The lowest BCUT2D eigenvalue weighted by molar-refractivity contribution is -0.118. The summed E-state index contributed by atoms with van der Waals surface area (Å²) >= 11 is 11.8. The fraction of sp³-hybridized carbons (Fsp3) is 0.167. The number of allylic oxidation sites excluding steroid dienone is 1. The summed E-state index contributed by atoms with van der Waals surface area (Å²) in [5.74, 6) is 0.713. The molecule has 0 saturated carbocycles. The fourth-order valence-electron chi connectivity index (χ4n) is 2.02. The topological polar surface area (TPSA) is 47.6 Å². The molecule has 0 aliphatic carbocycles. The van der Waals surface area contributed by atoms with Crippen molar-refractivity contribution in [1.29, 1.82) is 0 Å². The summed E-state index contributed by atoms with van der Waals surface area (Å²) in [4.78, 5) is 12.0. The van der Waals surface area contributed by atoms with Gasteiger partial charge in [-0.15, -0.1) is 0 Å². The highest BCUT2D eigenvalue weighted by molar-refractivity contribution is 6.36. The second kappa shape index (κ2) is 8.62. The predicted molar refractivity (Wildman–Crippen MR) is 98.3 cm³/mol. The normalized spacial score (nSPS) is 10.7. The number of carbonyl (C=O) groups excluding carboxylic acids is 1. The van der Waals surface area contributed by atoms with E-state index in [9.17, 15) is 4.79 Å². The van der Waals surface area contributed by atoms with Gasteiger partial charge in [0.25, 0.3) is 5.91 Å². The Kier molecular flexibility index (Phi) is 6.53. The van der Waals surface area contributed by atoms with Crippen LogP contribution in [-0.4, -0.2) is 19.6 Å². The maximum atomic E-state index is 12.0. The minimum atomic E-state index is -0.334. The molecule has 24 heavy (non-hydrogen) atoms. The zero-order valence-electron chi connectivity index (χ0n) is 13.3. The number of anilines is 1. The number of halogens is 2. The Hall–Kier alpha value is -2.17. The molecule has 0 heterocycles. The van der Waals surface area contributed by atoms with Crippen LogP contribution in [0.5, 0.6) is 11.5 Å². The molecule has 0 fully saturated rings. The van der Waals surface area contributed by atoms with Crippen molar-refractivity contribution in [3.63, 3.8) is 0 Å². The lowest BCUT2D eigenvalue weighted by atomic mass is 10.2. The number of nitrogens with one attached hydrogen (secondary N) is 1. The first kappa shape index (κ1) is 18.2. The van der Waals surface area contributed by atoms with E-state index in [-0.39, 0.29) is 12.5 Å². The third-order valence-electron chi connectivity index (χ3n) is 3.11. The van der Waals surface area contributed by atoms with E-state index >= 15 is 0 Å². The van der Waals surface area contributed by atoms with Gasteiger partial charge in [0.2, 0.25) is 0 Å². The van der Waals surface area contributed by atoms with Gasteiger partial charge < -0.3 is 14.8 Å². The number of amides is 1. The van der Waals surface area contributed by atoms with Crippen LogP contribution in [0.25, 0.3) is 6.08 Å². The van der Waals surface area contributed by atoms with Crippen molar-refractivity contribution in [3.05, 3.63) is 58.1 Å². The summed E-state index contributed by atoms with van der Waals surface area (Å²) in [6, 6.07) is 10.3. The van der Waals surface area contributed by atoms with Crippen LogP contribution < -0.4 is 14.8 Å². The molecular weight excluding hydrogens is 349 g/mol. The van der Waals surface area contributed by atoms with Gasteiger partial charge in [0.05, 0.1) is 17.8 Å². The van der Waals surface area contributed by atoms with E-state index in [0.717, 1.165) is 5.56 Å². The van der Waals surface area contributed by atoms with Crippen LogP contribution in [-0.2, 0) is 4.79 Å². The van der Waals surface area contributed by atoms with Crippen molar-refractivity contribution in [1.82, 2.24) is 0 Å². The van der Waals surface area contributed by atoms with E-state index in [1.807, 2.05) is 31.2 Å². The Morgan fingerprint density at radius 2 is 1.96 bits per heavy atom. The summed E-state index contributed by atoms with van der Waals surface area (Å²) in [5, 5.41) is 3.54. The third-order valence-corrected chi connectivity index (χ3v) is 3.66. The van der Waals surface area contributed by atoms with Crippen LogP contribution in [0.3, 0.4) is 0 Å². The van der Waals surface area contributed by atoms with Crippen molar-refractivity contribution < 1.29 is 14.3 Å². The average Bonchev–Trinajstić information content (AvgIpc) is 2.56. The van der Waals surface area contributed by atoms with E-state index in [2.05, 4.69) is 5.32 Å². The molecule has 1 N–H and O–H groups in total. The number of methoxy groups -OCH3 is 1. The van der Waals surface area contributed by atoms with Gasteiger partial charge in [-0.1, -0.05) is 41.4 Å². The van der Waals surface area contributed by atoms with Crippen LogP contribution in [0.4, 0.5) is 5.69 Å². The molecule has 0 aromatic heterocycles. The predicted octanol–water partition coefficient (Wildman–Crippen LogP) is 5.05. The first-order chi connectivity index (χ1) is 11.5. The molecule has 2 rings (SSSR count). The van der Waals surface area contributed by atoms with E-state index in [4.69, 9.17) is 32.7 Å². The standard InChI is InChI=1S/C18H17Cl2NO3/c1-3-4-12-5-8-16(17(9-12)23-2)24-11-18(22)21-15-7-6-13(19)10-14(15)20/h3-10H,11H2,1-2H3,(H,21,22)/b4-3+. The molecule has 2 aromatic rings. The quantitative estimate of drug-likeness (QED) is 0.778. The van der Waals surface area contributed by atoms with E-state index in [1.165, 1.54) is 0 Å². The fourth-order valence-corrected chi connectivity index (χ4v) is 2.48. The largest absolute Gasteiger partial charge is 0.493 e. The molecule has 126 valence electrons. The maximum absolute atomic E-state index is 12.0. The number of rotatable bonds is 6. The first-order valence-corrected chi connectivity index (χ1v) is 7.97. The molecule has 2 aromatic carbocycles. The van der Waals surface area contributed by atoms with Crippen molar-refractivity contribution in [2.75, 3.05) is 19.0 Å². The van der Waals surface area contributed by atoms with Gasteiger partial charge in [-0.25, -0.2) is 0 Å². The van der Waals surface area contributed by atoms with Crippen LogP contribution in [0.15, 0.2) is 42.5 Å². The maximum Gasteiger partial charge on any atom is 0.262 e. The highest BCUT2D eigenvalue weighted by Crippen LogP contribution is 2.29. The number of hydrogen-bond acceptors (Lipinski definition) is 3. The Morgan fingerprint density at radius 1 is 1.17 bits per heavy atom. The molecule has 0 aliphatic rings. The monoisotopic (exact) mass is 365 g/mol. The number of ether oxygens (including phenoxy) is 2. The highest BCUT2D eigenvalue weighted by Gasteiger charge is 2.10. The van der Waals surface area contributed by atoms with Gasteiger partial charge in [0.1, 0.15) is 0 Å². The first-order valence-electron chi connectivity index (χ1n) is 7.22. The summed E-state index contributed by atoms with van der Waals surface area (Å²) in [6.45, 7) is 1.77. The van der Waals surface area contributed by atoms with Gasteiger partial charge in [-0.05, 0) is 42.8 Å². The van der Waals surface area contributed by atoms with Crippen LogP contribution in [0, 0.1) is 0 Å². The summed E-state index contributed by atoms with van der Waals surface area (Å²) < 4.78 is 10.8. The SMILES string of the molecule is C/C=C/c1ccc(OCC(=O)Nc2ccc(Cl)cc2Cl)c(OC)c1. The van der Waals surface area contributed by atoms with E-state index in [0.29, 0.717) is 27.2 Å². The molecule has 6 heteroatoms. The van der Waals surface area contributed by atoms with Crippen LogP contribution in [0.1, 0.15) is 12.5 Å². The Bertz CT molecular complexity index is 760. The Balaban J connectivity index is 2.01. The van der Waals surface area contributed by atoms with Gasteiger partial charge in [0, 0.05) is 5.02 Å². The minimum Gasteiger partial charge on any atom is -0.493 e. The molecule has 0 aliphatic heterocycles. The highest BCUT2D eigenvalue weighted by atomic mass is 35.5. The van der Waals surface area contributed by atoms with Gasteiger partial charge >= 0.3 is 0 Å². The number of benzene rings is 2. The van der Waals surface area contributed by atoms with E-state index in [1.54, 1.807) is 31.4 Å². The zero-order valence-corrected chi connectivity index (χ0v) is 14.8. The Morgan fingerprint density at radius 3 is 2.62 bits per heavy atom. The van der Waals surface area contributed by atoms with Crippen LogP contribution in [0.2, 0.25) is 10.0 Å². The molecule has 0 spiro atoms. The van der Waals surface area contributed by atoms with Gasteiger partial charge in [-0.3, -0.25) is 4.79 Å². The lowest BCUT2D eigenvalue weighted by Crippen LogP contribution is -2.20. The third kappa shape index (κ3) is 4.91. The van der Waals surface area contributed by atoms with Crippen molar-refractivity contribution in [2.24, 2.45) is 0 Å². The molecule has 0 unspecified atom stereocenters. The number of carbonyl (C=O) groups is 1. The molecule has 0 bridgehead atoms. The van der Waals surface area contributed by atoms with Gasteiger partial charge in [-0.2, -0.15) is 0 Å². The molecule has 4 nitrogen and oxygen atoms in total. The summed E-state index contributed by atoms with van der Waals surface area (Å²) in [5.41, 5.74) is 1.46. The minimum absolute atomic E-state index is 0.168. The van der Waals surface area contributed by atoms with Crippen LogP contribution >= 0.6 is 23.2 Å². The zero-order chi connectivity index (χ0) is 17.5. The smallest absolute Gasteiger partial charge is 0.262 e. The number of hydrogen-bond donors (Lipinski definition) is 1.